The molecule has 0 saturated carbocycles. The molecule has 1 fully saturated rings. The van der Waals surface area contributed by atoms with Gasteiger partial charge in [0, 0.05) is 18.7 Å². The van der Waals surface area contributed by atoms with Crippen molar-refractivity contribution in [1.82, 2.24) is 10.2 Å². The van der Waals surface area contributed by atoms with Crippen LogP contribution in [-0.4, -0.2) is 22.6 Å². The topological polar surface area (TPSA) is 85.2 Å². The number of hydrogen-bond donors (Lipinski definition) is 1. The molecule has 0 radical (unpaired) electrons. The van der Waals surface area contributed by atoms with E-state index in [0.29, 0.717) is 18.9 Å². The molecule has 0 bridgehead atoms. The predicted molar refractivity (Wildman–Crippen MR) is 64.9 cm³/mol. The van der Waals surface area contributed by atoms with Crippen LogP contribution in [0.1, 0.15) is 18.2 Å². The summed E-state index contributed by atoms with van der Waals surface area (Å²) in [6.45, 7) is 0.546. The highest BCUT2D eigenvalue weighted by molar-refractivity contribution is 5.96. The molecule has 92 valence electrons. The number of aromatic nitrogens is 2. The van der Waals surface area contributed by atoms with Gasteiger partial charge in [0.25, 0.3) is 0 Å². The van der Waals surface area contributed by atoms with E-state index in [1.54, 1.807) is 4.90 Å². The Kier molecular flexibility index (Phi) is 2.47. The van der Waals surface area contributed by atoms with E-state index in [1.165, 1.54) is 0 Å². The molecular formula is C12H12N4O2. The molecule has 2 aromatic rings. The van der Waals surface area contributed by atoms with Gasteiger partial charge < -0.3 is 15.1 Å². The van der Waals surface area contributed by atoms with Gasteiger partial charge in [-0.1, -0.05) is 23.3 Å². The van der Waals surface area contributed by atoms with Crippen LogP contribution in [0.5, 0.6) is 0 Å². The van der Waals surface area contributed by atoms with Gasteiger partial charge in [-0.15, -0.1) is 5.10 Å². The summed E-state index contributed by atoms with van der Waals surface area (Å²) in [5.41, 5.74) is 6.27. The fourth-order valence-corrected chi connectivity index (χ4v) is 2.14. The highest BCUT2D eigenvalue weighted by Gasteiger charge is 2.34. The van der Waals surface area contributed by atoms with E-state index in [4.69, 9.17) is 10.2 Å². The molecule has 3 rings (SSSR count). The number of nitrogen functional groups attached to an aromatic ring is 1. The maximum atomic E-state index is 12.0. The monoisotopic (exact) mass is 244 g/mol. The second-order valence-electron chi connectivity index (χ2n) is 4.22. The van der Waals surface area contributed by atoms with Gasteiger partial charge in [0.15, 0.2) is 0 Å². The minimum atomic E-state index is -0.0810. The van der Waals surface area contributed by atoms with Crippen LogP contribution in [0.4, 0.5) is 11.7 Å². The Morgan fingerprint density at radius 3 is 2.72 bits per heavy atom. The Balaban J connectivity index is 1.83. The van der Waals surface area contributed by atoms with Gasteiger partial charge in [0.2, 0.25) is 11.8 Å². The number of hydrogen-bond acceptors (Lipinski definition) is 5. The molecule has 0 aliphatic carbocycles. The van der Waals surface area contributed by atoms with Gasteiger partial charge in [-0.2, -0.15) is 0 Å². The van der Waals surface area contributed by atoms with Crippen molar-refractivity contribution in [2.75, 3.05) is 17.2 Å². The molecule has 1 amide bonds. The minimum absolute atomic E-state index is 0.0376. The lowest BCUT2D eigenvalue weighted by Gasteiger charge is -2.15. The molecule has 1 saturated heterocycles. The van der Waals surface area contributed by atoms with Crippen LogP contribution in [0.15, 0.2) is 34.7 Å². The third-order valence-electron chi connectivity index (χ3n) is 3.00. The van der Waals surface area contributed by atoms with Crippen molar-refractivity contribution in [3.63, 3.8) is 0 Å². The molecule has 0 spiro atoms. The Morgan fingerprint density at radius 2 is 2.06 bits per heavy atom. The lowest BCUT2D eigenvalue weighted by molar-refractivity contribution is -0.117. The zero-order chi connectivity index (χ0) is 12.5. The van der Waals surface area contributed by atoms with Gasteiger partial charge >= 0.3 is 6.01 Å². The van der Waals surface area contributed by atoms with E-state index in [1.807, 2.05) is 30.3 Å². The van der Waals surface area contributed by atoms with Crippen LogP contribution in [0.2, 0.25) is 0 Å². The maximum Gasteiger partial charge on any atom is 0.312 e. The minimum Gasteiger partial charge on any atom is -0.408 e. The van der Waals surface area contributed by atoms with E-state index >= 15 is 0 Å². The van der Waals surface area contributed by atoms with Crippen LogP contribution in [-0.2, 0) is 4.79 Å². The predicted octanol–water partition coefficient (Wildman–Crippen LogP) is 1.17. The summed E-state index contributed by atoms with van der Waals surface area (Å²) in [7, 11) is 0. The van der Waals surface area contributed by atoms with Crippen LogP contribution in [0.25, 0.3) is 0 Å². The number of para-hydroxylation sites is 1. The standard InChI is InChI=1S/C12H12N4O2/c13-12-15-14-11(18-12)8-6-10(17)16(7-8)9-4-2-1-3-5-9/h1-5,8H,6-7H2,(H2,13,15). The number of rotatable bonds is 2. The first-order valence-corrected chi connectivity index (χ1v) is 5.68. The molecule has 1 unspecified atom stereocenters. The first kappa shape index (κ1) is 10.8. The van der Waals surface area contributed by atoms with E-state index < -0.39 is 0 Å². The summed E-state index contributed by atoms with van der Waals surface area (Å²) in [6.07, 6.45) is 0.372. The molecule has 2 heterocycles. The van der Waals surface area contributed by atoms with E-state index in [-0.39, 0.29) is 17.8 Å². The third kappa shape index (κ3) is 1.81. The van der Waals surface area contributed by atoms with Crippen LogP contribution < -0.4 is 10.6 Å². The number of amides is 1. The average molecular weight is 244 g/mol. The molecule has 1 aliphatic heterocycles. The van der Waals surface area contributed by atoms with Gasteiger partial charge in [-0.05, 0) is 12.1 Å². The van der Waals surface area contributed by atoms with Crippen molar-refractivity contribution in [3.8, 4) is 0 Å². The lowest BCUT2D eigenvalue weighted by Crippen LogP contribution is -2.24. The second-order valence-corrected chi connectivity index (χ2v) is 4.22. The lowest BCUT2D eigenvalue weighted by atomic mass is 10.1. The summed E-state index contributed by atoms with van der Waals surface area (Å²) in [6, 6.07) is 9.57. The third-order valence-corrected chi connectivity index (χ3v) is 3.00. The van der Waals surface area contributed by atoms with E-state index in [0.717, 1.165) is 5.69 Å². The van der Waals surface area contributed by atoms with Crippen molar-refractivity contribution in [2.45, 2.75) is 12.3 Å². The summed E-state index contributed by atoms with van der Waals surface area (Å²) >= 11 is 0. The molecule has 1 aromatic carbocycles. The Labute approximate surface area is 103 Å². The fourth-order valence-electron chi connectivity index (χ4n) is 2.14. The largest absolute Gasteiger partial charge is 0.408 e. The smallest absolute Gasteiger partial charge is 0.312 e. The number of anilines is 2. The molecule has 1 aromatic heterocycles. The Hall–Kier alpha value is -2.37. The van der Waals surface area contributed by atoms with E-state index in [9.17, 15) is 4.79 Å². The number of carbonyl (C=O) groups excluding carboxylic acids is 1. The second kappa shape index (κ2) is 4.14. The molecule has 6 heteroatoms. The van der Waals surface area contributed by atoms with Gasteiger partial charge in [-0.25, -0.2) is 0 Å². The highest BCUT2D eigenvalue weighted by atomic mass is 16.4. The van der Waals surface area contributed by atoms with Crippen molar-refractivity contribution < 1.29 is 9.21 Å². The average Bonchev–Trinajstić information content (AvgIpc) is 2.97. The first-order valence-electron chi connectivity index (χ1n) is 5.68. The van der Waals surface area contributed by atoms with E-state index in [2.05, 4.69) is 10.2 Å². The zero-order valence-corrected chi connectivity index (χ0v) is 9.61. The molecule has 18 heavy (non-hydrogen) atoms. The normalized spacial score (nSPS) is 19.4. The van der Waals surface area contributed by atoms with Crippen molar-refractivity contribution >= 4 is 17.6 Å². The van der Waals surface area contributed by atoms with Crippen molar-refractivity contribution in [1.29, 1.82) is 0 Å². The Bertz CT molecular complexity index is 566. The van der Waals surface area contributed by atoms with Gasteiger partial charge in [-0.3, -0.25) is 4.79 Å². The van der Waals surface area contributed by atoms with Gasteiger partial charge in [0.1, 0.15) is 0 Å². The quantitative estimate of drug-likeness (QED) is 0.857. The number of nitrogens with zero attached hydrogens (tertiary/aromatic N) is 3. The maximum absolute atomic E-state index is 12.0. The van der Waals surface area contributed by atoms with Gasteiger partial charge in [0.05, 0.1) is 5.92 Å². The molecule has 6 nitrogen and oxygen atoms in total. The zero-order valence-electron chi connectivity index (χ0n) is 9.61. The summed E-state index contributed by atoms with van der Waals surface area (Å²) in [5.74, 6) is 0.407. The number of benzene rings is 1. The number of nitrogens with two attached hydrogens (primary N) is 1. The molecule has 1 atom stereocenters. The summed E-state index contributed by atoms with van der Waals surface area (Å²) in [5, 5.41) is 7.46. The number of carbonyl (C=O) groups is 1. The summed E-state index contributed by atoms with van der Waals surface area (Å²) < 4.78 is 5.18. The van der Waals surface area contributed by atoms with Crippen LogP contribution in [0, 0.1) is 0 Å². The van der Waals surface area contributed by atoms with Crippen molar-refractivity contribution in [3.05, 3.63) is 36.2 Å². The van der Waals surface area contributed by atoms with Crippen LogP contribution >= 0.6 is 0 Å². The summed E-state index contributed by atoms with van der Waals surface area (Å²) in [4.78, 5) is 13.7. The molecule has 2 N–H and O–H groups in total. The molecule has 1 aliphatic rings. The van der Waals surface area contributed by atoms with Crippen LogP contribution in [0.3, 0.4) is 0 Å². The fraction of sp³-hybridized carbons (Fsp3) is 0.250. The molecular weight excluding hydrogens is 232 g/mol. The first-order chi connectivity index (χ1) is 8.74. The Morgan fingerprint density at radius 1 is 1.28 bits per heavy atom. The van der Waals surface area contributed by atoms with Crippen molar-refractivity contribution in [2.24, 2.45) is 0 Å². The highest BCUT2D eigenvalue weighted by Crippen LogP contribution is 2.31. The SMILES string of the molecule is Nc1nnc(C2CC(=O)N(c3ccccc3)C2)o1.